The van der Waals surface area contributed by atoms with Gasteiger partial charge in [0.15, 0.2) is 0 Å². The van der Waals surface area contributed by atoms with Crippen molar-refractivity contribution in [3.05, 3.63) is 112 Å². The summed E-state index contributed by atoms with van der Waals surface area (Å²) in [5.41, 5.74) is 5.31. The van der Waals surface area contributed by atoms with E-state index in [0.717, 1.165) is 24.1 Å². The Morgan fingerprint density at radius 2 is 1.56 bits per heavy atom. The van der Waals surface area contributed by atoms with Crippen LogP contribution in [0.3, 0.4) is 0 Å². The van der Waals surface area contributed by atoms with Crippen LogP contribution in [0.4, 0.5) is 0 Å². The second-order valence-electron chi connectivity index (χ2n) is 6.55. The average Bonchev–Trinajstić information content (AvgIpc) is 2.67. The van der Waals surface area contributed by atoms with Gasteiger partial charge in [0.1, 0.15) is 5.82 Å². The zero-order valence-electron chi connectivity index (χ0n) is 13.9. The zero-order valence-corrected chi connectivity index (χ0v) is 13.9. The van der Waals surface area contributed by atoms with Gasteiger partial charge in [0.05, 0.1) is 5.36 Å². The molecule has 120 valence electrons. The number of para-hydroxylation sites is 1. The molecule has 2 aliphatic heterocycles. The minimum Gasteiger partial charge on any atom is -0.328 e. The summed E-state index contributed by atoms with van der Waals surface area (Å²) in [6.45, 7) is 0.877. The fourth-order valence-corrected chi connectivity index (χ4v) is 3.70. The Hall–Kier alpha value is -3.13. The van der Waals surface area contributed by atoms with Gasteiger partial charge in [0.2, 0.25) is 0 Å². The van der Waals surface area contributed by atoms with Gasteiger partial charge in [-0.2, -0.15) is 0 Å². The molecule has 0 radical (unpaired) electrons. The molecule has 2 heteroatoms. The number of hydrogen-bond donors (Lipinski definition) is 0. The van der Waals surface area contributed by atoms with Crippen LogP contribution >= 0.6 is 0 Å². The van der Waals surface area contributed by atoms with E-state index in [0.29, 0.717) is 0 Å². The van der Waals surface area contributed by atoms with Crippen LogP contribution in [0.1, 0.15) is 16.7 Å². The molecule has 0 aliphatic carbocycles. The van der Waals surface area contributed by atoms with E-state index in [1.165, 1.54) is 27.5 Å². The van der Waals surface area contributed by atoms with Crippen molar-refractivity contribution >= 4 is 11.8 Å². The van der Waals surface area contributed by atoms with E-state index < -0.39 is 0 Å². The Morgan fingerprint density at radius 1 is 0.800 bits per heavy atom. The molecule has 0 fully saturated rings. The molecule has 0 saturated heterocycles. The molecular weight excluding hydrogens is 304 g/mol. The van der Waals surface area contributed by atoms with E-state index in [2.05, 4.69) is 90.0 Å². The quantitative estimate of drug-likeness (QED) is 0.705. The second kappa shape index (κ2) is 5.75. The molecule has 3 aromatic carbocycles. The predicted octanol–water partition coefficient (Wildman–Crippen LogP) is 3.48. The third-order valence-corrected chi connectivity index (χ3v) is 4.91. The third kappa shape index (κ3) is 2.47. The summed E-state index contributed by atoms with van der Waals surface area (Å²) in [7, 11) is 0. The molecule has 2 heterocycles. The van der Waals surface area contributed by atoms with Gasteiger partial charge in [-0.15, -0.1) is 0 Å². The van der Waals surface area contributed by atoms with Crippen molar-refractivity contribution in [2.75, 3.05) is 0 Å². The minimum atomic E-state index is 0.877. The lowest BCUT2D eigenvalue weighted by Gasteiger charge is -2.32. The first kappa shape index (κ1) is 14.2. The number of nitrogens with zero attached hydrogens (tertiary/aromatic N) is 2. The highest BCUT2D eigenvalue weighted by molar-refractivity contribution is 5.75. The number of benzene rings is 3. The van der Waals surface area contributed by atoms with Crippen LogP contribution in [0.15, 0.2) is 89.7 Å². The minimum absolute atomic E-state index is 0.877. The summed E-state index contributed by atoms with van der Waals surface area (Å²) in [6.07, 6.45) is 3.13. The summed E-state index contributed by atoms with van der Waals surface area (Å²) < 4.78 is 0. The van der Waals surface area contributed by atoms with Gasteiger partial charge in [-0.1, -0.05) is 72.8 Å². The van der Waals surface area contributed by atoms with Gasteiger partial charge in [-0.3, -0.25) is 0 Å². The van der Waals surface area contributed by atoms with Crippen LogP contribution in [-0.4, -0.2) is 4.90 Å². The molecule has 0 bridgehead atoms. The van der Waals surface area contributed by atoms with Crippen molar-refractivity contribution in [2.45, 2.75) is 13.0 Å². The highest BCUT2D eigenvalue weighted by Crippen LogP contribution is 2.35. The summed E-state index contributed by atoms with van der Waals surface area (Å²) in [5.74, 6) is 1.08. The number of rotatable bonds is 2. The Morgan fingerprint density at radius 3 is 2.48 bits per heavy atom. The van der Waals surface area contributed by atoms with Gasteiger partial charge in [-0.05, 0) is 22.8 Å². The lowest BCUT2D eigenvalue weighted by molar-refractivity contribution is 0.475. The monoisotopic (exact) mass is 322 g/mol. The summed E-state index contributed by atoms with van der Waals surface area (Å²) in [4.78, 5) is 7.31. The SMILES string of the molecule is C1=c2ccccc2=NC2=C(Cc3ccccc3)c3ccccc3CN12. The van der Waals surface area contributed by atoms with Crippen molar-refractivity contribution in [1.82, 2.24) is 4.90 Å². The smallest absolute Gasteiger partial charge is 0.137 e. The van der Waals surface area contributed by atoms with Crippen molar-refractivity contribution in [2.24, 2.45) is 4.99 Å². The lowest BCUT2D eigenvalue weighted by atomic mass is 9.91. The average molecular weight is 322 g/mol. The molecule has 2 aliphatic rings. The van der Waals surface area contributed by atoms with E-state index >= 15 is 0 Å². The molecule has 0 spiro atoms. The van der Waals surface area contributed by atoms with E-state index in [1.54, 1.807) is 0 Å². The van der Waals surface area contributed by atoms with Crippen LogP contribution in [-0.2, 0) is 13.0 Å². The van der Waals surface area contributed by atoms with Gasteiger partial charge in [-0.25, -0.2) is 4.99 Å². The predicted molar refractivity (Wildman–Crippen MR) is 101 cm³/mol. The van der Waals surface area contributed by atoms with Gasteiger partial charge < -0.3 is 4.90 Å². The van der Waals surface area contributed by atoms with E-state index in [4.69, 9.17) is 4.99 Å². The van der Waals surface area contributed by atoms with Gasteiger partial charge in [0.25, 0.3) is 0 Å². The van der Waals surface area contributed by atoms with Crippen molar-refractivity contribution in [1.29, 1.82) is 0 Å². The van der Waals surface area contributed by atoms with Crippen LogP contribution < -0.4 is 10.6 Å². The van der Waals surface area contributed by atoms with Crippen molar-refractivity contribution in [3.63, 3.8) is 0 Å². The van der Waals surface area contributed by atoms with Crippen LogP contribution in [0, 0.1) is 0 Å². The fraction of sp³-hybridized carbons (Fsp3) is 0.0870. The normalized spacial score (nSPS) is 14.8. The summed E-state index contributed by atoms with van der Waals surface area (Å²) in [6, 6.07) is 27.7. The molecule has 0 amide bonds. The Labute approximate surface area is 147 Å². The zero-order chi connectivity index (χ0) is 16.6. The largest absolute Gasteiger partial charge is 0.328 e. The van der Waals surface area contributed by atoms with Gasteiger partial charge >= 0.3 is 0 Å². The second-order valence-corrected chi connectivity index (χ2v) is 6.55. The van der Waals surface area contributed by atoms with Crippen LogP contribution in [0.25, 0.3) is 11.8 Å². The number of allylic oxidation sites excluding steroid dienone is 1. The number of fused-ring (bicyclic) bond motifs is 3. The third-order valence-electron chi connectivity index (χ3n) is 4.91. The molecule has 0 unspecified atom stereocenters. The molecule has 5 rings (SSSR count). The first-order chi connectivity index (χ1) is 12.4. The molecule has 2 nitrogen and oxygen atoms in total. The molecule has 0 saturated carbocycles. The molecule has 0 atom stereocenters. The first-order valence-corrected chi connectivity index (χ1v) is 8.66. The molecule has 3 aromatic rings. The number of hydrogen-bond acceptors (Lipinski definition) is 2. The maximum atomic E-state index is 5.02. The van der Waals surface area contributed by atoms with E-state index in [-0.39, 0.29) is 0 Å². The van der Waals surface area contributed by atoms with E-state index in [1.807, 2.05) is 0 Å². The van der Waals surface area contributed by atoms with Crippen LogP contribution in [0.2, 0.25) is 0 Å². The maximum Gasteiger partial charge on any atom is 0.137 e. The Kier molecular flexibility index (Phi) is 3.27. The lowest BCUT2D eigenvalue weighted by Crippen LogP contribution is -2.36. The highest BCUT2D eigenvalue weighted by Gasteiger charge is 2.24. The van der Waals surface area contributed by atoms with Crippen molar-refractivity contribution in [3.8, 4) is 0 Å². The fourth-order valence-electron chi connectivity index (χ4n) is 3.70. The summed E-state index contributed by atoms with van der Waals surface area (Å²) >= 11 is 0. The summed E-state index contributed by atoms with van der Waals surface area (Å²) in [5, 5.41) is 2.24. The molecule has 0 aromatic heterocycles. The molecule has 25 heavy (non-hydrogen) atoms. The van der Waals surface area contributed by atoms with Crippen molar-refractivity contribution < 1.29 is 0 Å². The highest BCUT2D eigenvalue weighted by atomic mass is 15.2. The Bertz CT molecular complexity index is 1090. The molecule has 0 N–H and O–H groups in total. The Balaban J connectivity index is 1.75. The van der Waals surface area contributed by atoms with E-state index in [9.17, 15) is 0 Å². The topological polar surface area (TPSA) is 15.6 Å². The van der Waals surface area contributed by atoms with Crippen LogP contribution in [0.5, 0.6) is 0 Å². The first-order valence-electron chi connectivity index (χ1n) is 8.66. The standard InChI is InChI=1S/C23H18N2/c1-2-8-17(9-3-1)14-21-20-12-6-4-10-18(20)15-25-16-19-11-5-7-13-22(19)24-23(21)25/h1-13,16H,14-15H2. The van der Waals surface area contributed by atoms with Gasteiger partial charge in [0, 0.05) is 30.0 Å². The maximum absolute atomic E-state index is 5.02. The molecular formula is C23H18N2.